The van der Waals surface area contributed by atoms with Gasteiger partial charge >= 0.3 is 6.18 Å². The first-order valence-electron chi connectivity index (χ1n) is 10.7. The molecule has 0 radical (unpaired) electrons. The Hall–Kier alpha value is -0.980. The Labute approximate surface area is 161 Å². The van der Waals surface area contributed by atoms with Crippen LogP contribution >= 0.6 is 0 Å². The summed E-state index contributed by atoms with van der Waals surface area (Å²) in [6.45, 7) is 3.63. The zero-order valence-corrected chi connectivity index (χ0v) is 16.8. The predicted octanol–water partition coefficient (Wildman–Crippen LogP) is 3.74. The van der Waals surface area contributed by atoms with E-state index in [4.69, 9.17) is 0 Å². The van der Waals surface area contributed by atoms with Crippen molar-refractivity contribution in [2.45, 2.75) is 64.1 Å². The quantitative estimate of drug-likeness (QED) is 0.556. The number of aliphatic imine (C=N–C) groups is 1. The van der Waals surface area contributed by atoms with Crippen molar-refractivity contribution < 1.29 is 13.2 Å². The van der Waals surface area contributed by atoms with Crippen molar-refractivity contribution in [3.63, 3.8) is 0 Å². The summed E-state index contributed by atoms with van der Waals surface area (Å²) in [7, 11) is 1.82. The van der Waals surface area contributed by atoms with Crippen molar-refractivity contribution in [3.8, 4) is 0 Å². The van der Waals surface area contributed by atoms with E-state index in [1.165, 1.54) is 43.4 Å². The minimum absolute atomic E-state index is 0.277. The SMILES string of the molecule is CCN(CC1CCN(C(=NC)NC2CC2C2CCCCC2)C1)CC(F)(F)F. The van der Waals surface area contributed by atoms with Crippen LogP contribution in [0.2, 0.25) is 0 Å². The van der Waals surface area contributed by atoms with E-state index in [0.29, 0.717) is 19.1 Å². The number of nitrogens with zero attached hydrogens (tertiary/aromatic N) is 3. The summed E-state index contributed by atoms with van der Waals surface area (Å²) < 4.78 is 38.1. The summed E-state index contributed by atoms with van der Waals surface area (Å²) in [6.07, 6.45) is 4.96. The van der Waals surface area contributed by atoms with Crippen LogP contribution in [0.5, 0.6) is 0 Å². The zero-order valence-electron chi connectivity index (χ0n) is 16.8. The van der Waals surface area contributed by atoms with Gasteiger partial charge in [0.25, 0.3) is 0 Å². The molecule has 3 fully saturated rings. The summed E-state index contributed by atoms with van der Waals surface area (Å²) in [4.78, 5) is 8.22. The first-order chi connectivity index (χ1) is 12.9. The molecular formula is C20H35F3N4. The molecule has 0 aromatic carbocycles. The molecule has 1 aliphatic heterocycles. The summed E-state index contributed by atoms with van der Waals surface area (Å²) in [6, 6.07) is 0.545. The number of hydrogen-bond donors (Lipinski definition) is 1. The lowest BCUT2D eigenvalue weighted by Gasteiger charge is -2.26. The lowest BCUT2D eigenvalue weighted by molar-refractivity contribution is -0.146. The number of likely N-dealkylation sites (tertiary alicyclic amines) is 1. The second kappa shape index (κ2) is 9.01. The van der Waals surface area contributed by atoms with E-state index in [2.05, 4.69) is 15.2 Å². The minimum Gasteiger partial charge on any atom is -0.353 e. The molecule has 0 aromatic rings. The Morgan fingerprint density at radius 1 is 1.19 bits per heavy atom. The van der Waals surface area contributed by atoms with Crippen molar-refractivity contribution in [2.24, 2.45) is 22.7 Å². The second-order valence-corrected chi connectivity index (χ2v) is 8.64. The normalized spacial score (nSPS) is 30.2. The molecular weight excluding hydrogens is 353 g/mol. The fourth-order valence-corrected chi connectivity index (χ4v) is 5.03. The molecule has 27 heavy (non-hydrogen) atoms. The lowest BCUT2D eigenvalue weighted by atomic mass is 9.85. The van der Waals surface area contributed by atoms with Gasteiger partial charge in [-0.05, 0) is 37.1 Å². The van der Waals surface area contributed by atoms with Crippen LogP contribution in [-0.4, -0.2) is 67.7 Å². The highest BCUT2D eigenvalue weighted by atomic mass is 19.4. The van der Waals surface area contributed by atoms with Crippen molar-refractivity contribution in [2.75, 3.05) is 39.8 Å². The Kier molecular flexibility index (Phi) is 6.93. The Bertz CT molecular complexity index is 502. The fourth-order valence-electron chi connectivity index (χ4n) is 5.03. The van der Waals surface area contributed by atoms with Gasteiger partial charge in [0.1, 0.15) is 0 Å². The zero-order chi connectivity index (χ0) is 19.4. The topological polar surface area (TPSA) is 30.9 Å². The average Bonchev–Trinajstić information content (AvgIpc) is 3.27. The van der Waals surface area contributed by atoms with E-state index < -0.39 is 12.7 Å². The number of halogens is 3. The van der Waals surface area contributed by atoms with E-state index in [0.717, 1.165) is 37.3 Å². The first-order valence-corrected chi connectivity index (χ1v) is 10.7. The number of hydrogen-bond acceptors (Lipinski definition) is 2. The summed E-state index contributed by atoms with van der Waals surface area (Å²) in [5, 5.41) is 3.64. The molecule has 0 spiro atoms. The maximum Gasteiger partial charge on any atom is 0.401 e. The molecule has 1 N–H and O–H groups in total. The molecule has 0 amide bonds. The monoisotopic (exact) mass is 388 g/mol. The standard InChI is InChI=1S/C20H35F3N4/c1-3-26(14-20(21,22)23)12-15-9-10-27(13-15)19(24-2)25-18-11-17(18)16-7-5-4-6-8-16/h15-18H,3-14H2,1-2H3,(H,24,25). The molecule has 2 aliphatic carbocycles. The molecule has 3 aliphatic rings. The van der Waals surface area contributed by atoms with Gasteiger partial charge in [0.2, 0.25) is 0 Å². The van der Waals surface area contributed by atoms with Crippen LogP contribution in [0.3, 0.4) is 0 Å². The highest BCUT2D eigenvalue weighted by molar-refractivity contribution is 5.80. The molecule has 0 aromatic heterocycles. The number of rotatable bonds is 6. The van der Waals surface area contributed by atoms with Crippen molar-refractivity contribution in [3.05, 3.63) is 0 Å². The van der Waals surface area contributed by atoms with Gasteiger partial charge < -0.3 is 10.2 Å². The van der Waals surface area contributed by atoms with E-state index >= 15 is 0 Å². The van der Waals surface area contributed by atoms with E-state index in [1.807, 2.05) is 7.05 Å². The van der Waals surface area contributed by atoms with Gasteiger partial charge in [-0.2, -0.15) is 13.2 Å². The molecule has 156 valence electrons. The van der Waals surface area contributed by atoms with Crippen LogP contribution < -0.4 is 5.32 Å². The molecule has 3 unspecified atom stereocenters. The van der Waals surface area contributed by atoms with E-state index in [9.17, 15) is 13.2 Å². The second-order valence-electron chi connectivity index (χ2n) is 8.64. The van der Waals surface area contributed by atoms with Crippen molar-refractivity contribution >= 4 is 5.96 Å². The van der Waals surface area contributed by atoms with Crippen molar-refractivity contribution in [1.29, 1.82) is 0 Å². The van der Waals surface area contributed by atoms with Crippen LogP contribution in [0.4, 0.5) is 13.2 Å². The minimum atomic E-state index is -4.12. The molecule has 3 rings (SSSR count). The van der Waals surface area contributed by atoms with Crippen LogP contribution in [-0.2, 0) is 0 Å². The molecule has 3 atom stereocenters. The summed E-state index contributed by atoms with van der Waals surface area (Å²) in [5.74, 6) is 2.89. The van der Waals surface area contributed by atoms with Gasteiger partial charge in [-0.1, -0.05) is 39.0 Å². The molecule has 7 heteroatoms. The molecule has 0 bridgehead atoms. The van der Waals surface area contributed by atoms with Crippen LogP contribution in [0.25, 0.3) is 0 Å². The smallest absolute Gasteiger partial charge is 0.353 e. The number of guanidine groups is 1. The van der Waals surface area contributed by atoms with Gasteiger partial charge in [-0.15, -0.1) is 0 Å². The molecule has 1 heterocycles. The van der Waals surface area contributed by atoms with Crippen LogP contribution in [0, 0.1) is 17.8 Å². The lowest BCUT2D eigenvalue weighted by Crippen LogP contribution is -2.43. The first kappa shape index (κ1) is 20.7. The highest BCUT2D eigenvalue weighted by Gasteiger charge is 2.44. The summed E-state index contributed by atoms with van der Waals surface area (Å²) >= 11 is 0. The van der Waals surface area contributed by atoms with Gasteiger partial charge in [0.15, 0.2) is 5.96 Å². The molecule has 4 nitrogen and oxygen atoms in total. The highest BCUT2D eigenvalue weighted by Crippen LogP contribution is 2.44. The van der Waals surface area contributed by atoms with Gasteiger partial charge in [-0.25, -0.2) is 0 Å². The number of nitrogens with one attached hydrogen (secondary N) is 1. The fraction of sp³-hybridized carbons (Fsp3) is 0.950. The van der Waals surface area contributed by atoms with Gasteiger partial charge in [-0.3, -0.25) is 9.89 Å². The molecule has 1 saturated heterocycles. The van der Waals surface area contributed by atoms with E-state index in [1.54, 1.807) is 6.92 Å². The van der Waals surface area contributed by atoms with Crippen molar-refractivity contribution in [1.82, 2.24) is 15.1 Å². The summed E-state index contributed by atoms with van der Waals surface area (Å²) in [5.41, 5.74) is 0. The third-order valence-electron chi connectivity index (χ3n) is 6.57. The Morgan fingerprint density at radius 2 is 1.93 bits per heavy atom. The predicted molar refractivity (Wildman–Crippen MR) is 103 cm³/mol. The average molecular weight is 389 g/mol. The van der Waals surface area contributed by atoms with Gasteiger partial charge in [0, 0.05) is 32.7 Å². The maximum atomic E-state index is 12.7. The third kappa shape index (κ3) is 6.00. The largest absolute Gasteiger partial charge is 0.401 e. The Morgan fingerprint density at radius 3 is 2.56 bits per heavy atom. The molecule has 2 saturated carbocycles. The third-order valence-corrected chi connectivity index (χ3v) is 6.57. The Balaban J connectivity index is 1.44. The number of alkyl halides is 3. The van der Waals surface area contributed by atoms with Crippen LogP contribution in [0.15, 0.2) is 4.99 Å². The van der Waals surface area contributed by atoms with Gasteiger partial charge in [0.05, 0.1) is 6.54 Å². The van der Waals surface area contributed by atoms with Crippen LogP contribution in [0.1, 0.15) is 51.9 Å². The maximum absolute atomic E-state index is 12.7. The van der Waals surface area contributed by atoms with E-state index in [-0.39, 0.29) is 5.92 Å².